The Morgan fingerprint density at radius 2 is 2.10 bits per heavy atom. The summed E-state index contributed by atoms with van der Waals surface area (Å²) >= 11 is 0. The molecule has 0 saturated heterocycles. The van der Waals surface area contributed by atoms with Gasteiger partial charge in [-0.05, 0) is 6.92 Å². The van der Waals surface area contributed by atoms with Crippen molar-refractivity contribution in [3.63, 3.8) is 0 Å². The fourth-order valence-electron chi connectivity index (χ4n) is 0.458. The summed E-state index contributed by atoms with van der Waals surface area (Å²) in [5, 5.41) is 10.8. The highest BCUT2D eigenvalue weighted by Crippen LogP contribution is 2.04. The lowest BCUT2D eigenvalue weighted by atomic mass is 10.1. The third kappa shape index (κ3) is 1.97. The van der Waals surface area contributed by atoms with Crippen molar-refractivity contribution in [3.8, 4) is 0 Å². The molecule has 0 aliphatic rings. The molecule has 4 heteroatoms. The topological polar surface area (TPSA) is 66.7 Å². The van der Waals surface area contributed by atoms with Crippen molar-refractivity contribution >= 4 is 5.78 Å². The number of ketones is 1. The Hall–Kier alpha value is -1.19. The average Bonchev–Trinajstić information content (AvgIpc) is 2.00. The number of aliphatic hydroxyl groups is 1. The van der Waals surface area contributed by atoms with Crippen LogP contribution in [0, 0.1) is 4.91 Å². The lowest BCUT2D eigenvalue weighted by Crippen LogP contribution is -1.99. The van der Waals surface area contributed by atoms with Gasteiger partial charge in [-0.1, -0.05) is 6.92 Å². The molecule has 0 aromatic rings. The molecule has 0 heterocycles. The predicted molar refractivity (Wildman–Crippen MR) is 36.4 cm³/mol. The summed E-state index contributed by atoms with van der Waals surface area (Å²) in [6, 6.07) is 0. The normalized spacial score (nSPS) is 12.2. The van der Waals surface area contributed by atoms with Crippen molar-refractivity contribution in [2.24, 2.45) is 5.18 Å². The quantitative estimate of drug-likeness (QED) is 0.370. The molecule has 0 fully saturated rings. The zero-order valence-electron chi connectivity index (χ0n) is 5.92. The van der Waals surface area contributed by atoms with E-state index in [1.807, 2.05) is 0 Å². The molecule has 0 saturated carbocycles. The molecule has 0 bridgehead atoms. The van der Waals surface area contributed by atoms with Gasteiger partial charge in [0.05, 0.1) is 5.57 Å². The molecule has 0 aliphatic heterocycles. The number of allylic oxidation sites excluding steroid dienone is 1. The highest BCUT2D eigenvalue weighted by atomic mass is 16.3. The third-order valence-corrected chi connectivity index (χ3v) is 1.16. The van der Waals surface area contributed by atoms with Gasteiger partial charge in [-0.25, -0.2) is 0 Å². The Bertz CT molecular complexity index is 183. The van der Waals surface area contributed by atoms with E-state index in [9.17, 15) is 9.70 Å². The molecule has 10 heavy (non-hydrogen) atoms. The average molecular weight is 143 g/mol. The maximum absolute atomic E-state index is 10.7. The van der Waals surface area contributed by atoms with Crippen LogP contribution in [0.15, 0.2) is 16.6 Å². The van der Waals surface area contributed by atoms with Crippen LogP contribution in [0.5, 0.6) is 0 Å². The van der Waals surface area contributed by atoms with Gasteiger partial charge in [0, 0.05) is 11.6 Å². The molecule has 0 radical (unpaired) electrons. The van der Waals surface area contributed by atoms with Crippen molar-refractivity contribution < 1.29 is 9.90 Å². The zero-order valence-corrected chi connectivity index (χ0v) is 5.92. The van der Waals surface area contributed by atoms with Gasteiger partial charge < -0.3 is 5.11 Å². The highest BCUT2D eigenvalue weighted by Gasteiger charge is 2.07. The number of hydrogen-bond donors (Lipinski definition) is 1. The zero-order chi connectivity index (χ0) is 8.15. The van der Waals surface area contributed by atoms with E-state index in [0.29, 0.717) is 0 Å². The fourth-order valence-corrected chi connectivity index (χ4v) is 0.458. The van der Waals surface area contributed by atoms with Gasteiger partial charge in [0.25, 0.3) is 5.88 Å². The minimum Gasteiger partial charge on any atom is -0.491 e. The van der Waals surface area contributed by atoms with Crippen LogP contribution >= 0.6 is 0 Å². The van der Waals surface area contributed by atoms with Crippen LogP contribution in [-0.4, -0.2) is 10.9 Å². The molecule has 0 rings (SSSR count). The second-order valence-corrected chi connectivity index (χ2v) is 1.82. The Balaban J connectivity index is 4.45. The number of carbonyl (C=O) groups is 1. The second-order valence-electron chi connectivity index (χ2n) is 1.82. The maximum atomic E-state index is 10.7. The van der Waals surface area contributed by atoms with E-state index >= 15 is 0 Å². The minimum atomic E-state index is -0.716. The fraction of sp³-hybridized carbons (Fsp3) is 0.500. The van der Waals surface area contributed by atoms with E-state index in [-0.39, 0.29) is 17.8 Å². The summed E-state index contributed by atoms with van der Waals surface area (Å²) in [6.07, 6.45) is 0.269. The summed E-state index contributed by atoms with van der Waals surface area (Å²) < 4.78 is 0. The minimum absolute atomic E-state index is 0.0255. The van der Waals surface area contributed by atoms with Crippen molar-refractivity contribution in [3.05, 3.63) is 16.4 Å². The number of carbonyl (C=O) groups excluding carboxylic acids is 1. The molecule has 0 unspecified atom stereocenters. The first kappa shape index (κ1) is 8.81. The van der Waals surface area contributed by atoms with Crippen LogP contribution in [0.1, 0.15) is 20.3 Å². The number of nitroso groups, excluding NO2 is 1. The van der Waals surface area contributed by atoms with Crippen molar-refractivity contribution in [2.45, 2.75) is 20.3 Å². The van der Waals surface area contributed by atoms with Crippen LogP contribution < -0.4 is 0 Å². The van der Waals surface area contributed by atoms with Crippen molar-refractivity contribution in [1.29, 1.82) is 0 Å². The van der Waals surface area contributed by atoms with Gasteiger partial charge in [-0.15, -0.1) is 4.91 Å². The van der Waals surface area contributed by atoms with E-state index in [2.05, 4.69) is 5.18 Å². The molecule has 0 amide bonds. The van der Waals surface area contributed by atoms with Gasteiger partial charge in [0.2, 0.25) is 0 Å². The first-order chi connectivity index (χ1) is 4.63. The lowest BCUT2D eigenvalue weighted by molar-refractivity contribution is -0.115. The van der Waals surface area contributed by atoms with Gasteiger partial charge in [0.1, 0.15) is 0 Å². The number of nitrogens with zero attached hydrogens (tertiary/aromatic N) is 1. The first-order valence-electron chi connectivity index (χ1n) is 2.89. The Labute approximate surface area is 58.5 Å². The third-order valence-electron chi connectivity index (χ3n) is 1.16. The molecule has 56 valence electrons. The molecule has 0 aromatic carbocycles. The summed E-state index contributed by atoms with van der Waals surface area (Å²) in [6.45, 7) is 3.01. The molecule has 0 atom stereocenters. The van der Waals surface area contributed by atoms with Gasteiger partial charge in [-0.3, -0.25) is 4.79 Å². The van der Waals surface area contributed by atoms with Gasteiger partial charge in [-0.2, -0.15) is 0 Å². The second kappa shape index (κ2) is 3.76. The lowest BCUT2D eigenvalue weighted by Gasteiger charge is -1.94. The van der Waals surface area contributed by atoms with Crippen LogP contribution in [0.2, 0.25) is 0 Å². The molecule has 0 aromatic heterocycles. The van der Waals surface area contributed by atoms with E-state index in [1.165, 1.54) is 6.92 Å². The molecule has 4 nitrogen and oxygen atoms in total. The largest absolute Gasteiger partial charge is 0.491 e. The Kier molecular flexibility index (Phi) is 3.32. The SMILES string of the molecule is CCC(=O)/C(C)=C(/O)N=O. The number of rotatable bonds is 3. The van der Waals surface area contributed by atoms with Crippen LogP contribution in [0.3, 0.4) is 0 Å². The van der Waals surface area contributed by atoms with Crippen molar-refractivity contribution in [1.82, 2.24) is 0 Å². The van der Waals surface area contributed by atoms with Crippen molar-refractivity contribution in [2.75, 3.05) is 0 Å². The van der Waals surface area contributed by atoms with Crippen LogP contribution in [-0.2, 0) is 4.79 Å². The van der Waals surface area contributed by atoms with E-state index in [4.69, 9.17) is 5.11 Å². The number of aliphatic hydroxyl groups excluding tert-OH is 1. The van der Waals surface area contributed by atoms with Crippen LogP contribution in [0.4, 0.5) is 0 Å². The molecule has 1 N–H and O–H groups in total. The predicted octanol–water partition coefficient (Wildman–Crippen LogP) is 1.52. The first-order valence-corrected chi connectivity index (χ1v) is 2.89. The molecule has 0 aliphatic carbocycles. The highest BCUT2D eigenvalue weighted by molar-refractivity contribution is 5.94. The maximum Gasteiger partial charge on any atom is 0.259 e. The monoisotopic (exact) mass is 143 g/mol. The van der Waals surface area contributed by atoms with E-state index < -0.39 is 5.88 Å². The number of hydrogen-bond acceptors (Lipinski definition) is 4. The molecular weight excluding hydrogens is 134 g/mol. The summed E-state index contributed by atoms with van der Waals surface area (Å²) in [7, 11) is 0. The van der Waals surface area contributed by atoms with E-state index in [1.54, 1.807) is 6.92 Å². The standard InChI is InChI=1S/C6H9NO3/c1-3-5(8)4(2)6(9)7-10/h9H,3H2,1-2H3/b6-4+. The van der Waals surface area contributed by atoms with Gasteiger partial charge in [0.15, 0.2) is 5.78 Å². The number of Topliss-reactive ketones (excluding diaryl/α,β-unsaturated/α-hetero) is 1. The van der Waals surface area contributed by atoms with E-state index in [0.717, 1.165) is 0 Å². The Morgan fingerprint density at radius 3 is 2.40 bits per heavy atom. The van der Waals surface area contributed by atoms with Gasteiger partial charge >= 0.3 is 0 Å². The van der Waals surface area contributed by atoms with Crippen LogP contribution in [0.25, 0.3) is 0 Å². The summed E-state index contributed by atoms with van der Waals surface area (Å²) in [5.41, 5.74) is 0.0255. The molecule has 0 spiro atoms. The molecular formula is C6H9NO3. The Morgan fingerprint density at radius 1 is 1.60 bits per heavy atom. The summed E-state index contributed by atoms with van der Waals surface area (Å²) in [4.78, 5) is 20.4. The summed E-state index contributed by atoms with van der Waals surface area (Å²) in [5.74, 6) is -0.982. The smallest absolute Gasteiger partial charge is 0.259 e.